The second-order valence-corrected chi connectivity index (χ2v) is 7.09. The fraction of sp³-hybridized carbons (Fsp3) is 0.429. The maximum atomic E-state index is 14.4. The Morgan fingerprint density at radius 2 is 1.83 bits per heavy atom. The smallest absolute Gasteiger partial charge is 0.131 e. The van der Waals surface area contributed by atoms with Gasteiger partial charge in [-0.05, 0) is 53.1 Å². The average molecular weight is 330 g/mol. The molecule has 2 aromatic rings. The molecule has 130 valence electrons. The van der Waals surface area contributed by atoms with Crippen LogP contribution in [0.5, 0.6) is 5.75 Å². The van der Waals surface area contributed by atoms with E-state index >= 15 is 0 Å². The molecule has 0 bridgehead atoms. The highest BCUT2D eigenvalue weighted by atomic mass is 19.1. The zero-order chi connectivity index (χ0) is 17.7. The van der Waals surface area contributed by atoms with Crippen molar-refractivity contribution in [3.05, 3.63) is 53.3 Å². The summed E-state index contributed by atoms with van der Waals surface area (Å²) in [6.45, 7) is 6.62. The van der Waals surface area contributed by atoms with Gasteiger partial charge in [0.05, 0.1) is 13.7 Å². The lowest BCUT2D eigenvalue weighted by Gasteiger charge is -2.26. The van der Waals surface area contributed by atoms with Gasteiger partial charge in [-0.1, -0.05) is 45.4 Å². The predicted molar refractivity (Wildman–Crippen MR) is 96.7 cm³/mol. The van der Waals surface area contributed by atoms with E-state index in [0.29, 0.717) is 11.3 Å². The summed E-state index contributed by atoms with van der Waals surface area (Å²) in [5.41, 5.74) is 3.44. The summed E-state index contributed by atoms with van der Waals surface area (Å²) in [6.07, 6.45) is 3.03. The molecule has 0 saturated carbocycles. The molecule has 1 N–H and O–H groups in total. The third-order valence-corrected chi connectivity index (χ3v) is 4.41. The van der Waals surface area contributed by atoms with Crippen LogP contribution in [0.3, 0.4) is 0 Å². The Kier molecular flexibility index (Phi) is 6.00. The molecule has 0 spiro atoms. The van der Waals surface area contributed by atoms with Crippen molar-refractivity contribution in [1.82, 2.24) is 0 Å². The minimum Gasteiger partial charge on any atom is -0.497 e. The monoisotopic (exact) mass is 330 g/mol. The van der Waals surface area contributed by atoms with Gasteiger partial charge in [0.15, 0.2) is 0 Å². The molecule has 0 amide bonds. The van der Waals surface area contributed by atoms with Crippen LogP contribution in [0, 0.1) is 11.2 Å². The predicted octanol–water partition coefficient (Wildman–Crippen LogP) is 5.36. The number of hydrogen-bond acceptors (Lipinski definition) is 2. The summed E-state index contributed by atoms with van der Waals surface area (Å²) in [7, 11) is 1.58. The molecule has 2 nitrogen and oxygen atoms in total. The quantitative estimate of drug-likeness (QED) is 0.740. The van der Waals surface area contributed by atoms with E-state index in [1.165, 1.54) is 6.07 Å². The Labute approximate surface area is 144 Å². The maximum absolute atomic E-state index is 14.4. The van der Waals surface area contributed by atoms with Crippen molar-refractivity contribution in [3.8, 4) is 16.9 Å². The van der Waals surface area contributed by atoms with E-state index in [9.17, 15) is 9.50 Å². The second-order valence-electron chi connectivity index (χ2n) is 7.09. The van der Waals surface area contributed by atoms with Crippen molar-refractivity contribution in [1.29, 1.82) is 0 Å². The van der Waals surface area contributed by atoms with Gasteiger partial charge in [-0.15, -0.1) is 0 Å². The first kappa shape index (κ1) is 18.5. The Morgan fingerprint density at radius 3 is 2.46 bits per heavy atom. The van der Waals surface area contributed by atoms with Crippen LogP contribution in [-0.2, 0) is 13.0 Å². The zero-order valence-corrected chi connectivity index (χ0v) is 15.0. The van der Waals surface area contributed by atoms with Crippen molar-refractivity contribution in [2.24, 2.45) is 5.41 Å². The Balaban J connectivity index is 2.53. The number of aliphatic hydroxyl groups is 1. The largest absolute Gasteiger partial charge is 0.497 e. The molecule has 0 radical (unpaired) electrons. The van der Waals surface area contributed by atoms with Crippen molar-refractivity contribution >= 4 is 0 Å². The molecule has 0 unspecified atom stereocenters. The first-order valence-corrected chi connectivity index (χ1v) is 8.46. The second kappa shape index (κ2) is 7.80. The van der Waals surface area contributed by atoms with Crippen molar-refractivity contribution in [3.63, 3.8) is 0 Å². The van der Waals surface area contributed by atoms with Gasteiger partial charge in [-0.2, -0.15) is 0 Å². The molecular formula is C21H27FO2. The Hall–Kier alpha value is -1.87. The molecular weight excluding hydrogens is 303 g/mol. The highest BCUT2D eigenvalue weighted by Crippen LogP contribution is 2.35. The summed E-state index contributed by atoms with van der Waals surface area (Å²) in [4.78, 5) is 0. The highest BCUT2D eigenvalue weighted by molar-refractivity contribution is 5.70. The number of rotatable bonds is 7. The average Bonchev–Trinajstić information content (AvgIpc) is 2.55. The molecule has 0 saturated heterocycles. The van der Waals surface area contributed by atoms with Gasteiger partial charge in [0.1, 0.15) is 11.6 Å². The number of halogens is 1. The summed E-state index contributed by atoms with van der Waals surface area (Å²) in [5.74, 6) is 0.374. The maximum Gasteiger partial charge on any atom is 0.131 e. The number of hydrogen-bond donors (Lipinski definition) is 1. The van der Waals surface area contributed by atoms with Gasteiger partial charge >= 0.3 is 0 Å². The van der Waals surface area contributed by atoms with Gasteiger partial charge in [-0.25, -0.2) is 4.39 Å². The molecule has 0 atom stereocenters. The van der Waals surface area contributed by atoms with Gasteiger partial charge < -0.3 is 9.84 Å². The number of benzene rings is 2. The van der Waals surface area contributed by atoms with E-state index in [4.69, 9.17) is 4.74 Å². The molecule has 24 heavy (non-hydrogen) atoms. The van der Waals surface area contributed by atoms with Crippen molar-refractivity contribution in [2.45, 2.75) is 46.6 Å². The Bertz CT molecular complexity index is 692. The standard InChI is InChI=1S/C21H27FO2/c1-5-10-21(2,3)13-16-11-15(14-23)6-8-18(16)19-12-17(24-4)7-9-20(19)22/h6-9,11-12,23H,5,10,13-14H2,1-4H3. The highest BCUT2D eigenvalue weighted by Gasteiger charge is 2.21. The fourth-order valence-corrected chi connectivity index (χ4v) is 3.27. The van der Waals surface area contributed by atoms with E-state index in [1.54, 1.807) is 19.2 Å². The summed E-state index contributed by atoms with van der Waals surface area (Å²) >= 11 is 0. The lowest BCUT2D eigenvalue weighted by molar-refractivity contribution is 0.281. The van der Waals surface area contributed by atoms with Gasteiger partial charge in [0.25, 0.3) is 0 Å². The topological polar surface area (TPSA) is 29.5 Å². The first-order valence-electron chi connectivity index (χ1n) is 8.46. The molecule has 0 aliphatic carbocycles. The van der Waals surface area contributed by atoms with Gasteiger partial charge in [-0.3, -0.25) is 0 Å². The molecule has 0 aliphatic rings. The molecule has 2 rings (SSSR count). The van der Waals surface area contributed by atoms with Crippen LogP contribution >= 0.6 is 0 Å². The normalized spacial score (nSPS) is 11.6. The van der Waals surface area contributed by atoms with Gasteiger partial charge in [0.2, 0.25) is 0 Å². The lowest BCUT2D eigenvalue weighted by Crippen LogP contribution is -2.15. The Morgan fingerprint density at radius 1 is 1.08 bits per heavy atom. The van der Waals surface area contributed by atoms with E-state index in [1.807, 2.05) is 18.2 Å². The molecule has 0 aromatic heterocycles. The number of ether oxygens (including phenoxy) is 1. The van der Waals surface area contributed by atoms with Crippen LogP contribution in [0.25, 0.3) is 11.1 Å². The summed E-state index contributed by atoms with van der Waals surface area (Å²) < 4.78 is 19.7. The number of methoxy groups -OCH3 is 1. The molecule has 0 heterocycles. The van der Waals surface area contributed by atoms with Crippen LogP contribution in [0.15, 0.2) is 36.4 Å². The van der Waals surface area contributed by atoms with Crippen LogP contribution in [0.1, 0.15) is 44.7 Å². The third kappa shape index (κ3) is 4.35. The fourth-order valence-electron chi connectivity index (χ4n) is 3.27. The minimum atomic E-state index is -0.262. The van der Waals surface area contributed by atoms with Crippen LogP contribution in [-0.4, -0.2) is 12.2 Å². The lowest BCUT2D eigenvalue weighted by atomic mass is 9.79. The number of aliphatic hydroxyl groups excluding tert-OH is 1. The molecule has 3 heteroatoms. The van der Waals surface area contributed by atoms with Crippen LogP contribution in [0.2, 0.25) is 0 Å². The summed E-state index contributed by atoms with van der Waals surface area (Å²) in [6, 6.07) is 10.5. The van der Waals surface area contributed by atoms with E-state index < -0.39 is 0 Å². The van der Waals surface area contributed by atoms with Gasteiger partial charge in [0, 0.05) is 5.56 Å². The van der Waals surface area contributed by atoms with Crippen molar-refractivity contribution in [2.75, 3.05) is 7.11 Å². The first-order chi connectivity index (χ1) is 11.4. The van der Waals surface area contributed by atoms with Crippen molar-refractivity contribution < 1.29 is 14.2 Å². The van der Waals surface area contributed by atoms with E-state index in [0.717, 1.165) is 36.0 Å². The minimum absolute atomic E-state index is 0.0118. The van der Waals surface area contributed by atoms with Crippen LogP contribution in [0.4, 0.5) is 4.39 Å². The van der Waals surface area contributed by atoms with Crippen LogP contribution < -0.4 is 4.74 Å². The molecule has 0 aliphatic heterocycles. The molecule has 0 fully saturated rings. The molecule has 2 aromatic carbocycles. The SMILES string of the molecule is CCCC(C)(C)Cc1cc(CO)ccc1-c1cc(OC)ccc1F. The van der Waals surface area contributed by atoms with E-state index in [-0.39, 0.29) is 17.8 Å². The summed E-state index contributed by atoms with van der Waals surface area (Å²) in [5, 5.41) is 9.47. The zero-order valence-electron chi connectivity index (χ0n) is 15.0. The third-order valence-electron chi connectivity index (χ3n) is 4.41. The van der Waals surface area contributed by atoms with E-state index in [2.05, 4.69) is 20.8 Å².